The van der Waals surface area contributed by atoms with E-state index in [0.717, 1.165) is 46.9 Å². The van der Waals surface area contributed by atoms with Crippen LogP contribution in [-0.2, 0) is 40.6 Å². The topological polar surface area (TPSA) is 221 Å². The number of nitrogens with zero attached hydrogens (tertiary/aromatic N) is 5. The van der Waals surface area contributed by atoms with E-state index in [1.165, 1.54) is 12.1 Å². The minimum absolute atomic E-state index is 0.0624. The SMILES string of the molecule is Cc1cc(C)c2cccc(OCc3c(Cl)ccc(S(=O)(=O)NC4(C(=O)N5CCN(C(=O)[C@H](CCCC[N+](C)(C)C)[N+](C)(C)C)CC5)CCCC4)c3Cl)c2n1.O=C(O)C(F)(F)F.O=C(O)C(F)(F)F.O=C(O)C(F)(F)F. The van der Waals surface area contributed by atoms with Crippen LogP contribution in [0, 0.1) is 13.8 Å². The third-order valence-electron chi connectivity index (χ3n) is 11.5. The lowest BCUT2D eigenvalue weighted by Gasteiger charge is -2.42. The number of benzene rings is 2. The first-order valence-corrected chi connectivity index (χ1v) is 24.9. The molecule has 0 spiro atoms. The molecule has 0 radical (unpaired) electrons. The van der Waals surface area contributed by atoms with Gasteiger partial charge in [-0.2, -0.15) is 44.2 Å². The van der Waals surface area contributed by atoms with Crippen molar-refractivity contribution in [1.82, 2.24) is 19.5 Å². The van der Waals surface area contributed by atoms with Crippen molar-refractivity contribution < 1.29 is 101 Å². The third kappa shape index (κ3) is 20.0. The first-order valence-electron chi connectivity index (χ1n) is 22.7. The molecular formula is C46H61Cl2F9N6O11S+2. The molecule has 2 amide bonds. The number of quaternary nitrogens is 2. The number of halogens is 11. The first-order chi connectivity index (χ1) is 34.1. The minimum atomic E-state index is -5.08. The molecule has 2 heterocycles. The largest absolute Gasteiger partial charge is 0.490 e. The number of aromatic nitrogens is 1. The molecule has 1 saturated heterocycles. The number of likely N-dealkylation sites (N-methyl/N-ethyl adjacent to an activating group) is 1. The molecule has 75 heavy (non-hydrogen) atoms. The molecule has 1 aliphatic carbocycles. The maximum atomic E-state index is 14.3. The van der Waals surface area contributed by atoms with E-state index in [1.54, 1.807) is 11.0 Å². The van der Waals surface area contributed by atoms with Crippen LogP contribution in [0.15, 0.2) is 41.3 Å². The van der Waals surface area contributed by atoms with Crippen LogP contribution in [0.1, 0.15) is 61.8 Å². The highest BCUT2D eigenvalue weighted by molar-refractivity contribution is 7.89. The Labute approximate surface area is 437 Å². The van der Waals surface area contributed by atoms with Gasteiger partial charge in [0.05, 0.1) is 53.9 Å². The van der Waals surface area contributed by atoms with E-state index in [2.05, 4.69) is 52.0 Å². The van der Waals surface area contributed by atoms with Gasteiger partial charge in [-0.1, -0.05) is 48.2 Å². The van der Waals surface area contributed by atoms with Gasteiger partial charge in [0, 0.05) is 54.3 Å². The number of pyridine rings is 1. The zero-order chi connectivity index (χ0) is 57.9. The smallest absolute Gasteiger partial charge is 0.487 e. The Morgan fingerprint density at radius 2 is 1.25 bits per heavy atom. The number of unbranched alkanes of at least 4 members (excludes halogenated alkanes) is 1. The van der Waals surface area contributed by atoms with Crippen LogP contribution in [0.25, 0.3) is 10.9 Å². The van der Waals surface area contributed by atoms with Gasteiger partial charge < -0.3 is 38.8 Å². The summed E-state index contributed by atoms with van der Waals surface area (Å²) >= 11 is 13.4. The molecule has 2 fully saturated rings. The van der Waals surface area contributed by atoms with E-state index < -0.39 is 52.0 Å². The molecule has 1 aliphatic heterocycles. The standard InChI is InChI=1S/C40H58Cl2N6O5S.3C2HF3O2/c1-28-26-29(2)43-37-30(28)14-13-16-34(37)53-27-31-32(41)17-18-35(36(31)42)54(51,52)44-40(19-10-11-20-40)39(50)46-23-21-45(22-24-46)38(49)33(48(6,7)8)15-9-12-25-47(3,4)5;3*3-2(4,5)1(6)7/h13-14,16-18,26,33,44H,9-12,15,19-25,27H2,1-8H3;3*(H,6,7)/q+2;;;/t33-;;;/m0.../s1. The molecule has 2 aromatic carbocycles. The normalized spacial score (nSPS) is 15.6. The van der Waals surface area contributed by atoms with Crippen LogP contribution in [0.2, 0.25) is 10.0 Å². The quantitative estimate of drug-likeness (QED) is 0.0689. The summed E-state index contributed by atoms with van der Waals surface area (Å²) in [6, 6.07) is 10.3. The number of alkyl halides is 9. The number of fused-ring (bicyclic) bond motifs is 1. The number of hydrogen-bond acceptors (Lipinski definition) is 9. The number of amides is 2. The highest BCUT2D eigenvalue weighted by atomic mass is 35.5. The summed E-state index contributed by atoms with van der Waals surface area (Å²) in [5.41, 5.74) is 1.61. The lowest BCUT2D eigenvalue weighted by Crippen LogP contribution is -2.63. The van der Waals surface area contributed by atoms with Crippen molar-refractivity contribution >= 4 is 73.9 Å². The summed E-state index contributed by atoms with van der Waals surface area (Å²) in [6.45, 7) is 6.37. The molecule has 0 bridgehead atoms. The summed E-state index contributed by atoms with van der Waals surface area (Å²) < 4.78 is 134. The molecule has 1 aromatic heterocycles. The van der Waals surface area contributed by atoms with Gasteiger partial charge in [0.15, 0.2) is 6.04 Å². The molecule has 2 aliphatic rings. The van der Waals surface area contributed by atoms with Crippen molar-refractivity contribution in [2.24, 2.45) is 0 Å². The van der Waals surface area contributed by atoms with Gasteiger partial charge in [0.1, 0.15) is 28.3 Å². The van der Waals surface area contributed by atoms with Gasteiger partial charge in [-0.3, -0.25) is 9.59 Å². The summed E-state index contributed by atoms with van der Waals surface area (Å²) in [7, 11) is 8.43. The molecule has 1 saturated carbocycles. The number of piperazine rings is 1. The number of carbonyl (C=O) groups is 5. The van der Waals surface area contributed by atoms with Gasteiger partial charge in [0.2, 0.25) is 15.9 Å². The number of aryl methyl sites for hydroxylation is 2. The third-order valence-corrected chi connectivity index (χ3v) is 14.0. The molecule has 3 aromatic rings. The maximum Gasteiger partial charge on any atom is 0.490 e. The Morgan fingerprint density at radius 1 is 0.773 bits per heavy atom. The highest BCUT2D eigenvalue weighted by Crippen LogP contribution is 2.38. The molecule has 4 N–H and O–H groups in total. The number of carbonyl (C=O) groups excluding carboxylic acids is 2. The first kappa shape index (κ1) is 65.9. The number of ether oxygens (including phenoxy) is 1. The number of para-hydroxylation sites is 1. The van der Waals surface area contributed by atoms with Crippen molar-refractivity contribution in [3.63, 3.8) is 0 Å². The molecule has 422 valence electrons. The summed E-state index contributed by atoms with van der Waals surface area (Å²) in [6.07, 6.45) is -10.3. The van der Waals surface area contributed by atoms with Crippen LogP contribution < -0.4 is 9.46 Å². The number of carboxylic acid groups (broad SMARTS) is 3. The fourth-order valence-electron chi connectivity index (χ4n) is 7.80. The molecule has 29 heteroatoms. The fourth-order valence-corrected chi connectivity index (χ4v) is 10.1. The molecular weight excluding hydrogens is 1090 g/mol. The average Bonchev–Trinajstić information content (AvgIpc) is 3.73. The monoisotopic (exact) mass is 1150 g/mol. The number of nitrogens with one attached hydrogen (secondary N) is 1. The van der Waals surface area contributed by atoms with Crippen molar-refractivity contribution in [1.29, 1.82) is 0 Å². The van der Waals surface area contributed by atoms with Crippen LogP contribution in [0.5, 0.6) is 5.75 Å². The number of sulfonamides is 1. The zero-order valence-electron chi connectivity index (χ0n) is 42.1. The molecule has 17 nitrogen and oxygen atoms in total. The predicted molar refractivity (Wildman–Crippen MR) is 256 cm³/mol. The lowest BCUT2D eigenvalue weighted by atomic mass is 9.96. The van der Waals surface area contributed by atoms with Crippen LogP contribution >= 0.6 is 23.2 Å². The van der Waals surface area contributed by atoms with Gasteiger partial charge in [-0.15, -0.1) is 0 Å². The Hall–Kier alpha value is -5.22. The Morgan fingerprint density at radius 3 is 1.71 bits per heavy atom. The lowest BCUT2D eigenvalue weighted by molar-refractivity contribution is -0.887. The van der Waals surface area contributed by atoms with Crippen molar-refractivity contribution in [2.75, 3.05) is 75.0 Å². The predicted octanol–water partition coefficient (Wildman–Crippen LogP) is 7.85. The van der Waals surface area contributed by atoms with Gasteiger partial charge >= 0.3 is 36.4 Å². The second kappa shape index (κ2) is 26.2. The Balaban J connectivity index is 0.000000767. The Kier molecular flexibility index (Phi) is 23.0. The van der Waals surface area contributed by atoms with Crippen molar-refractivity contribution in [3.05, 3.63) is 63.3 Å². The van der Waals surface area contributed by atoms with Crippen LogP contribution in [-0.4, -0.2) is 182 Å². The number of hydrogen-bond donors (Lipinski definition) is 4. The Bertz CT molecular complexity index is 2560. The van der Waals surface area contributed by atoms with Gasteiger partial charge in [-0.25, -0.2) is 27.8 Å². The highest BCUT2D eigenvalue weighted by Gasteiger charge is 2.48. The van der Waals surface area contributed by atoms with Crippen molar-refractivity contribution in [2.45, 2.75) is 100 Å². The van der Waals surface area contributed by atoms with Gasteiger partial charge in [0.25, 0.3) is 5.91 Å². The van der Waals surface area contributed by atoms with E-state index in [0.29, 0.717) is 73.2 Å². The van der Waals surface area contributed by atoms with Crippen LogP contribution in [0.4, 0.5) is 39.5 Å². The average molecular weight is 1150 g/mol. The molecule has 5 rings (SSSR count). The van der Waals surface area contributed by atoms with E-state index in [4.69, 9.17) is 57.6 Å². The number of rotatable bonds is 14. The van der Waals surface area contributed by atoms with E-state index >= 15 is 0 Å². The minimum Gasteiger partial charge on any atom is -0.487 e. The van der Waals surface area contributed by atoms with Crippen LogP contribution in [0.3, 0.4) is 0 Å². The van der Waals surface area contributed by atoms with E-state index in [1.807, 2.05) is 36.9 Å². The molecule has 1 atom stereocenters. The maximum absolute atomic E-state index is 14.3. The summed E-state index contributed by atoms with van der Waals surface area (Å²) in [5, 5.41) is 22.5. The number of carboxylic acids is 3. The molecule has 0 unspecified atom stereocenters. The number of aliphatic carboxylic acids is 3. The zero-order valence-corrected chi connectivity index (χ0v) is 44.5. The second-order valence-corrected chi connectivity index (χ2v) is 21.9. The van der Waals surface area contributed by atoms with E-state index in [9.17, 15) is 57.5 Å². The summed E-state index contributed by atoms with van der Waals surface area (Å²) in [5.74, 6) is -7.90. The second-order valence-electron chi connectivity index (χ2n) is 19.4. The fraction of sp³-hybridized carbons (Fsp3) is 0.565. The summed E-state index contributed by atoms with van der Waals surface area (Å²) in [4.78, 5) is 62.9. The van der Waals surface area contributed by atoms with Gasteiger partial charge in [-0.05, 0) is 69.4 Å². The van der Waals surface area contributed by atoms with E-state index in [-0.39, 0.29) is 39.4 Å². The van der Waals surface area contributed by atoms with Crippen molar-refractivity contribution in [3.8, 4) is 5.75 Å².